The Balaban J connectivity index is 2.23. The molecule has 1 saturated carbocycles. The van der Waals surface area contributed by atoms with Crippen molar-refractivity contribution in [3.63, 3.8) is 0 Å². The molecule has 0 aliphatic heterocycles. The summed E-state index contributed by atoms with van der Waals surface area (Å²) in [5.41, 5.74) is -1.94. The number of hydrogen-bond donors (Lipinski definition) is 2. The molecule has 110 valence electrons. The molecule has 1 aliphatic rings. The maximum atomic E-state index is 13.7. The first-order valence-electron chi connectivity index (χ1n) is 6.33. The van der Waals surface area contributed by atoms with Gasteiger partial charge in [-0.3, -0.25) is 5.32 Å². The summed E-state index contributed by atoms with van der Waals surface area (Å²) >= 11 is 0. The van der Waals surface area contributed by atoms with Crippen molar-refractivity contribution < 1.29 is 23.4 Å². The number of hydrogen-bond acceptors (Lipinski definition) is 3. The highest BCUT2D eigenvalue weighted by molar-refractivity contribution is 5.85. The van der Waals surface area contributed by atoms with E-state index in [0.29, 0.717) is 12.8 Å². The number of nitrogens with one attached hydrogen (secondary N) is 1. The van der Waals surface area contributed by atoms with Gasteiger partial charge in [0.2, 0.25) is 0 Å². The molecule has 1 fully saturated rings. The van der Waals surface area contributed by atoms with Crippen LogP contribution in [0.1, 0.15) is 39.2 Å². The number of ether oxygens (including phenoxy) is 1. The predicted octanol–water partition coefficient (Wildman–Crippen LogP) is 3.29. The summed E-state index contributed by atoms with van der Waals surface area (Å²) < 4.78 is 32.1. The first-order valence-corrected chi connectivity index (χ1v) is 6.33. The van der Waals surface area contributed by atoms with Gasteiger partial charge in [-0.25, -0.2) is 13.6 Å². The Hall–Kier alpha value is -1.69. The van der Waals surface area contributed by atoms with E-state index < -0.39 is 28.9 Å². The molecule has 0 spiro atoms. The molecule has 0 bridgehead atoms. The molecular formula is C14H17F2NO3. The van der Waals surface area contributed by atoms with E-state index in [0.717, 1.165) is 6.07 Å². The number of halogens is 2. The monoisotopic (exact) mass is 285 g/mol. The smallest absolute Gasteiger partial charge is 0.412 e. The summed E-state index contributed by atoms with van der Waals surface area (Å²) in [6, 6.07) is 2.18. The van der Waals surface area contributed by atoms with Crippen LogP contribution in [0.4, 0.5) is 19.3 Å². The first-order chi connectivity index (χ1) is 9.11. The van der Waals surface area contributed by atoms with Crippen LogP contribution >= 0.6 is 0 Å². The highest BCUT2D eigenvalue weighted by Crippen LogP contribution is 2.46. The Labute approximate surface area is 115 Å². The van der Waals surface area contributed by atoms with Crippen LogP contribution in [-0.4, -0.2) is 16.8 Å². The molecule has 1 aromatic carbocycles. The summed E-state index contributed by atoms with van der Waals surface area (Å²) in [6.45, 7) is 4.98. The van der Waals surface area contributed by atoms with Gasteiger partial charge in [-0.2, -0.15) is 0 Å². The summed E-state index contributed by atoms with van der Waals surface area (Å²) in [5, 5.41) is 12.1. The van der Waals surface area contributed by atoms with Crippen LogP contribution in [0.25, 0.3) is 0 Å². The van der Waals surface area contributed by atoms with Crippen molar-refractivity contribution in [3.05, 3.63) is 29.3 Å². The lowest BCUT2D eigenvalue weighted by molar-refractivity contribution is 0.0635. The highest BCUT2D eigenvalue weighted by Gasteiger charge is 2.43. The Bertz CT molecular complexity index is 548. The van der Waals surface area contributed by atoms with Gasteiger partial charge in [0.05, 0.1) is 11.3 Å². The molecule has 6 heteroatoms. The van der Waals surface area contributed by atoms with E-state index in [2.05, 4.69) is 5.32 Å². The molecule has 20 heavy (non-hydrogen) atoms. The minimum Gasteiger partial charge on any atom is -0.444 e. The predicted molar refractivity (Wildman–Crippen MR) is 69.3 cm³/mol. The second-order valence-corrected chi connectivity index (χ2v) is 5.98. The minimum atomic E-state index is -1.18. The molecule has 0 atom stereocenters. The van der Waals surface area contributed by atoms with Crippen molar-refractivity contribution >= 4 is 11.8 Å². The molecule has 2 N–H and O–H groups in total. The van der Waals surface area contributed by atoms with E-state index in [1.165, 1.54) is 6.07 Å². The zero-order valence-corrected chi connectivity index (χ0v) is 11.6. The van der Waals surface area contributed by atoms with E-state index in [-0.39, 0.29) is 11.3 Å². The van der Waals surface area contributed by atoms with Gasteiger partial charge in [-0.1, -0.05) is 0 Å². The number of rotatable bonds is 2. The zero-order valence-electron chi connectivity index (χ0n) is 11.6. The lowest BCUT2D eigenvalue weighted by Crippen LogP contribution is -2.27. The lowest BCUT2D eigenvalue weighted by atomic mass is 10.1. The fraction of sp³-hybridized carbons (Fsp3) is 0.500. The first kappa shape index (κ1) is 14.7. The highest BCUT2D eigenvalue weighted by atomic mass is 19.2. The Kier molecular flexibility index (Phi) is 3.46. The quantitative estimate of drug-likeness (QED) is 0.876. The van der Waals surface area contributed by atoms with Crippen LogP contribution < -0.4 is 5.32 Å². The number of anilines is 1. The molecule has 4 nitrogen and oxygen atoms in total. The Morgan fingerprint density at radius 3 is 2.45 bits per heavy atom. The maximum absolute atomic E-state index is 13.7. The van der Waals surface area contributed by atoms with Gasteiger partial charge in [0, 0.05) is 0 Å². The molecule has 2 rings (SSSR count). The third-order valence-electron chi connectivity index (χ3n) is 2.92. The topological polar surface area (TPSA) is 58.6 Å². The third kappa shape index (κ3) is 3.25. The molecule has 0 saturated heterocycles. The van der Waals surface area contributed by atoms with Crippen molar-refractivity contribution in [1.29, 1.82) is 0 Å². The van der Waals surface area contributed by atoms with Crippen LogP contribution in [0.2, 0.25) is 0 Å². The maximum Gasteiger partial charge on any atom is 0.412 e. The number of amides is 1. The zero-order chi connectivity index (χ0) is 15.1. The third-order valence-corrected chi connectivity index (χ3v) is 2.92. The lowest BCUT2D eigenvalue weighted by Gasteiger charge is -2.20. The van der Waals surface area contributed by atoms with Gasteiger partial charge in [0.15, 0.2) is 11.6 Å². The molecule has 0 radical (unpaired) electrons. The van der Waals surface area contributed by atoms with Crippen molar-refractivity contribution in [3.8, 4) is 0 Å². The second kappa shape index (κ2) is 4.70. The molecule has 1 aromatic rings. The van der Waals surface area contributed by atoms with E-state index >= 15 is 0 Å². The van der Waals surface area contributed by atoms with Crippen LogP contribution in [-0.2, 0) is 10.3 Å². The molecule has 1 amide bonds. The van der Waals surface area contributed by atoms with Gasteiger partial charge in [-0.05, 0) is 51.3 Å². The average molecular weight is 285 g/mol. The van der Waals surface area contributed by atoms with Crippen LogP contribution in [0.3, 0.4) is 0 Å². The summed E-state index contributed by atoms with van der Waals surface area (Å²) in [5.74, 6) is -2.29. The average Bonchev–Trinajstić information content (AvgIpc) is 3.01. The van der Waals surface area contributed by atoms with E-state index in [4.69, 9.17) is 4.74 Å². The van der Waals surface area contributed by atoms with Crippen LogP contribution in [0.5, 0.6) is 0 Å². The largest absolute Gasteiger partial charge is 0.444 e. The summed E-state index contributed by atoms with van der Waals surface area (Å²) in [4.78, 5) is 11.6. The second-order valence-electron chi connectivity index (χ2n) is 5.98. The van der Waals surface area contributed by atoms with E-state index in [1.807, 2.05) is 0 Å². The molecule has 1 aliphatic carbocycles. The Morgan fingerprint density at radius 1 is 1.35 bits per heavy atom. The molecule has 0 unspecified atom stereocenters. The van der Waals surface area contributed by atoms with Gasteiger partial charge < -0.3 is 9.84 Å². The SMILES string of the molecule is CC(C)(C)OC(=O)Nc1cc(C2(O)CC2)cc(F)c1F. The standard InChI is InChI=1S/C14H17F2NO3/c1-13(2,3)20-12(18)17-10-7-8(14(19)4-5-14)6-9(15)11(10)16/h6-7,19H,4-5H2,1-3H3,(H,17,18). The van der Waals surface area contributed by atoms with Crippen LogP contribution in [0, 0.1) is 11.6 Å². The van der Waals surface area contributed by atoms with Crippen molar-refractivity contribution in [2.24, 2.45) is 0 Å². The fourth-order valence-corrected chi connectivity index (χ4v) is 1.77. The normalized spacial score (nSPS) is 16.7. The molecular weight excluding hydrogens is 268 g/mol. The van der Waals surface area contributed by atoms with E-state index in [9.17, 15) is 18.7 Å². The van der Waals surface area contributed by atoms with Crippen molar-refractivity contribution in [1.82, 2.24) is 0 Å². The van der Waals surface area contributed by atoms with Crippen molar-refractivity contribution in [2.75, 3.05) is 5.32 Å². The molecule has 0 heterocycles. The van der Waals surface area contributed by atoms with Gasteiger partial charge >= 0.3 is 6.09 Å². The fourth-order valence-electron chi connectivity index (χ4n) is 1.77. The van der Waals surface area contributed by atoms with E-state index in [1.54, 1.807) is 20.8 Å². The summed E-state index contributed by atoms with van der Waals surface area (Å²) in [6.07, 6.45) is 0.101. The number of aliphatic hydroxyl groups is 1. The number of carbonyl (C=O) groups excluding carboxylic acids is 1. The van der Waals surface area contributed by atoms with Crippen molar-refractivity contribution in [2.45, 2.75) is 44.8 Å². The number of carbonyl (C=O) groups is 1. The minimum absolute atomic E-state index is 0.252. The van der Waals surface area contributed by atoms with Gasteiger partial charge in [0.25, 0.3) is 0 Å². The number of benzene rings is 1. The van der Waals surface area contributed by atoms with Crippen LogP contribution in [0.15, 0.2) is 12.1 Å². The summed E-state index contributed by atoms with van der Waals surface area (Å²) in [7, 11) is 0. The van der Waals surface area contributed by atoms with Gasteiger partial charge in [-0.15, -0.1) is 0 Å². The van der Waals surface area contributed by atoms with Gasteiger partial charge in [0.1, 0.15) is 5.60 Å². The molecule has 0 aromatic heterocycles. The Morgan fingerprint density at radius 2 is 1.95 bits per heavy atom.